The lowest BCUT2D eigenvalue weighted by atomic mass is 9.88. The van der Waals surface area contributed by atoms with Crippen molar-refractivity contribution in [2.24, 2.45) is 0 Å². The van der Waals surface area contributed by atoms with Crippen LogP contribution in [-0.4, -0.2) is 50.4 Å². The summed E-state index contributed by atoms with van der Waals surface area (Å²) in [5.41, 5.74) is -1.07. The molecule has 2 aliphatic heterocycles. The largest absolute Gasteiger partial charge is 0.509 e. The number of carbonyl (C=O) groups excluding carboxylic acids is 2. The molecule has 5 rings (SSSR count). The third-order valence-electron chi connectivity index (χ3n) is 9.49. The van der Waals surface area contributed by atoms with Gasteiger partial charge in [0, 0.05) is 53.1 Å². The monoisotopic (exact) mass is 718 g/mol. The zero-order valence-corrected chi connectivity index (χ0v) is 28.7. The van der Waals surface area contributed by atoms with E-state index in [0.717, 1.165) is 44.4 Å². The van der Waals surface area contributed by atoms with Gasteiger partial charge in [-0.15, -0.1) is 0 Å². The molecule has 0 aliphatic carbocycles. The van der Waals surface area contributed by atoms with Crippen LogP contribution in [0.3, 0.4) is 0 Å². The van der Waals surface area contributed by atoms with Gasteiger partial charge in [0.05, 0.1) is 12.1 Å². The number of amides is 1. The van der Waals surface area contributed by atoms with Gasteiger partial charge in [-0.05, 0) is 62.4 Å². The number of aliphatic hydroxyl groups excluding tert-OH is 1. The molecule has 3 aromatic rings. The Labute approximate surface area is 293 Å². The second kappa shape index (κ2) is 15.5. The quantitative estimate of drug-likeness (QED) is 0.0983. The van der Waals surface area contributed by atoms with Gasteiger partial charge in [0.1, 0.15) is 17.0 Å². The van der Waals surface area contributed by atoms with Gasteiger partial charge in [0.2, 0.25) is 0 Å². The maximum absolute atomic E-state index is 15.4. The summed E-state index contributed by atoms with van der Waals surface area (Å²) in [6, 6.07) is 9.86. The number of unbranched alkanes of at least 4 members (excludes halogenated alkanes) is 4. The highest BCUT2D eigenvalue weighted by molar-refractivity contribution is 6.31. The summed E-state index contributed by atoms with van der Waals surface area (Å²) in [4.78, 5) is 31.0. The first kappa shape index (κ1) is 37.2. The molecule has 0 unspecified atom stereocenters. The van der Waals surface area contributed by atoms with Gasteiger partial charge in [-0.25, -0.2) is 13.8 Å². The lowest BCUT2D eigenvalue weighted by Gasteiger charge is -2.46. The van der Waals surface area contributed by atoms with Gasteiger partial charge < -0.3 is 10.4 Å². The van der Waals surface area contributed by atoms with Crippen LogP contribution >= 0.6 is 11.6 Å². The fourth-order valence-electron chi connectivity index (χ4n) is 6.69. The van der Waals surface area contributed by atoms with Crippen LogP contribution in [0.5, 0.6) is 0 Å². The third-order valence-corrected chi connectivity index (χ3v) is 9.73. The van der Waals surface area contributed by atoms with Gasteiger partial charge in [-0.2, -0.15) is 13.2 Å². The number of pyridine rings is 1. The molecule has 268 valence electrons. The van der Waals surface area contributed by atoms with Crippen LogP contribution in [0.4, 0.5) is 27.6 Å². The Morgan fingerprint density at radius 3 is 2.46 bits per heavy atom. The van der Waals surface area contributed by atoms with Crippen molar-refractivity contribution in [2.45, 2.75) is 89.9 Å². The number of hydrazine groups is 1. The smallest absolute Gasteiger partial charge is 0.433 e. The summed E-state index contributed by atoms with van der Waals surface area (Å²) in [5, 5.41) is 17.6. The van der Waals surface area contributed by atoms with Crippen molar-refractivity contribution in [1.82, 2.24) is 15.0 Å². The third kappa shape index (κ3) is 7.81. The number of Topliss-reactive ketones (excluding diaryl/α,β-unsaturated/α-hetero) is 1. The Balaban J connectivity index is 1.31. The average Bonchev–Trinajstić information content (AvgIpc) is 3.48. The molecule has 0 saturated carbocycles. The zero-order chi connectivity index (χ0) is 36.2. The number of aliphatic hydroxyl groups is 1. The van der Waals surface area contributed by atoms with Gasteiger partial charge >= 0.3 is 6.18 Å². The number of hydrogen-bond acceptors (Lipinski definition) is 6. The van der Waals surface area contributed by atoms with Crippen molar-refractivity contribution in [1.29, 1.82) is 0 Å². The van der Waals surface area contributed by atoms with Crippen molar-refractivity contribution in [3.63, 3.8) is 0 Å². The number of fused-ring (bicyclic) bond motifs is 1. The maximum atomic E-state index is 15.4. The number of rotatable bonds is 14. The molecule has 2 aromatic carbocycles. The summed E-state index contributed by atoms with van der Waals surface area (Å²) in [6.07, 6.45) is 2.53. The van der Waals surface area contributed by atoms with E-state index in [1.807, 2.05) is 0 Å². The van der Waals surface area contributed by atoms with Crippen LogP contribution in [0.25, 0.3) is 11.1 Å². The van der Waals surface area contributed by atoms with E-state index >= 15 is 8.78 Å². The molecule has 2 aliphatic rings. The van der Waals surface area contributed by atoms with Crippen molar-refractivity contribution in [3.8, 4) is 11.1 Å². The number of carbonyl (C=O) groups is 2. The van der Waals surface area contributed by atoms with Crippen LogP contribution < -0.4 is 5.32 Å². The molecular formula is C37H40ClF5N4O3. The Kier molecular flexibility index (Phi) is 11.5. The molecule has 0 radical (unpaired) electrons. The Bertz CT molecular complexity index is 1760. The molecule has 7 nitrogen and oxygen atoms in total. The van der Waals surface area contributed by atoms with Crippen LogP contribution in [0.15, 0.2) is 60.0 Å². The summed E-state index contributed by atoms with van der Waals surface area (Å²) in [6.45, 7) is 3.84. The van der Waals surface area contributed by atoms with E-state index in [4.69, 9.17) is 11.6 Å². The lowest BCUT2D eigenvalue weighted by Crippen LogP contribution is -2.60. The first-order valence-electron chi connectivity index (χ1n) is 16.9. The zero-order valence-electron chi connectivity index (χ0n) is 28.0. The molecule has 1 fully saturated rings. The lowest BCUT2D eigenvalue weighted by molar-refractivity contribution is -0.161. The molecule has 50 heavy (non-hydrogen) atoms. The van der Waals surface area contributed by atoms with Gasteiger partial charge in [0.15, 0.2) is 17.4 Å². The molecule has 1 aromatic heterocycles. The van der Waals surface area contributed by atoms with E-state index in [0.29, 0.717) is 47.6 Å². The highest BCUT2D eigenvalue weighted by atomic mass is 35.5. The topological polar surface area (TPSA) is 85.8 Å². The number of aryl methyl sites for hydroxylation is 1. The molecule has 1 saturated heterocycles. The summed E-state index contributed by atoms with van der Waals surface area (Å²) < 4.78 is 69.7. The number of ketones is 1. The van der Waals surface area contributed by atoms with E-state index < -0.39 is 46.3 Å². The van der Waals surface area contributed by atoms with Gasteiger partial charge in [-0.1, -0.05) is 62.4 Å². The number of benzene rings is 2. The second-order valence-corrected chi connectivity index (χ2v) is 13.4. The molecule has 1 atom stereocenters. The first-order chi connectivity index (χ1) is 23.8. The molecule has 1 amide bonds. The number of anilines is 1. The molecular weight excluding hydrogens is 679 g/mol. The normalized spacial score (nSPS) is 18.2. The van der Waals surface area contributed by atoms with Crippen LogP contribution in [-0.2, 0) is 28.7 Å². The van der Waals surface area contributed by atoms with E-state index in [9.17, 15) is 27.9 Å². The number of alkyl halides is 3. The number of hydrogen-bond donors (Lipinski definition) is 2. The number of halogens is 6. The summed E-state index contributed by atoms with van der Waals surface area (Å²) in [5.74, 6) is -3.82. The van der Waals surface area contributed by atoms with E-state index in [-0.39, 0.29) is 36.4 Å². The van der Waals surface area contributed by atoms with Crippen LogP contribution in [0, 0.1) is 11.6 Å². The van der Waals surface area contributed by atoms with Crippen molar-refractivity contribution in [2.75, 3.05) is 18.4 Å². The standard InChI is InChI=1S/C37H40ClF5N4O3/c1-3-4-5-6-7-9-23-10-11-25(33(40)32(23)39)22-46-35(50)31(34(49)36(2)17-8-19-47(36)46)29(48)16-18-44-28-14-13-26(38)20-27(28)24-12-15-30(45-21-24)37(41,42)43/h10-15,20-21,44,49H,3-9,16-19,22H2,1-2H3/t36-/m1/s1. The summed E-state index contributed by atoms with van der Waals surface area (Å²) >= 11 is 6.17. The Morgan fingerprint density at radius 1 is 1.04 bits per heavy atom. The maximum Gasteiger partial charge on any atom is 0.433 e. The highest BCUT2D eigenvalue weighted by Crippen LogP contribution is 2.42. The molecule has 3 heterocycles. The predicted octanol–water partition coefficient (Wildman–Crippen LogP) is 9.21. The fraction of sp³-hybridized carbons (Fsp3) is 0.432. The van der Waals surface area contributed by atoms with Crippen LogP contribution in [0.1, 0.15) is 82.0 Å². The number of nitrogens with one attached hydrogen (secondary N) is 1. The van der Waals surface area contributed by atoms with Gasteiger partial charge in [-0.3, -0.25) is 19.6 Å². The minimum atomic E-state index is -4.60. The molecule has 13 heteroatoms. The van der Waals surface area contributed by atoms with Crippen molar-refractivity contribution >= 4 is 29.0 Å². The van der Waals surface area contributed by atoms with E-state index in [2.05, 4.69) is 17.2 Å². The minimum Gasteiger partial charge on any atom is -0.509 e. The van der Waals surface area contributed by atoms with E-state index in [1.54, 1.807) is 36.2 Å². The minimum absolute atomic E-state index is 0.00817. The highest BCUT2D eigenvalue weighted by Gasteiger charge is 2.52. The van der Waals surface area contributed by atoms with Gasteiger partial charge in [0.25, 0.3) is 5.91 Å². The Hall–Kier alpha value is -4.03. The van der Waals surface area contributed by atoms with Crippen molar-refractivity contribution < 1.29 is 36.6 Å². The van der Waals surface area contributed by atoms with Crippen molar-refractivity contribution in [3.05, 3.63) is 93.5 Å². The number of aromatic nitrogens is 1. The SMILES string of the molecule is CCCCCCCc1ccc(CN2C(=O)C(C(=O)CCNc3ccc(Cl)cc3-c3ccc(C(F)(F)F)nc3)=C(O)[C@@]3(C)CCCN23)c(F)c1F. The van der Waals surface area contributed by atoms with E-state index in [1.165, 1.54) is 17.1 Å². The first-order valence-corrected chi connectivity index (χ1v) is 17.2. The Morgan fingerprint density at radius 2 is 1.76 bits per heavy atom. The number of nitrogens with zero attached hydrogens (tertiary/aromatic N) is 3. The predicted molar refractivity (Wildman–Crippen MR) is 181 cm³/mol. The van der Waals surface area contributed by atoms with Crippen LogP contribution in [0.2, 0.25) is 5.02 Å². The molecule has 0 bridgehead atoms. The summed E-state index contributed by atoms with van der Waals surface area (Å²) in [7, 11) is 0. The molecule has 0 spiro atoms. The average molecular weight is 719 g/mol. The fourth-order valence-corrected chi connectivity index (χ4v) is 6.86. The second-order valence-electron chi connectivity index (χ2n) is 13.0. The molecule has 2 N–H and O–H groups in total.